The van der Waals surface area contributed by atoms with E-state index in [0.29, 0.717) is 5.56 Å². The lowest BCUT2D eigenvalue weighted by molar-refractivity contribution is 1.09. The van der Waals surface area contributed by atoms with Crippen LogP contribution in [0.15, 0.2) is 43.0 Å². The van der Waals surface area contributed by atoms with Crippen molar-refractivity contribution in [2.45, 2.75) is 0 Å². The molecule has 0 aliphatic heterocycles. The first-order valence-corrected chi connectivity index (χ1v) is 3.67. The second kappa shape index (κ2) is 5.49. The summed E-state index contributed by atoms with van der Waals surface area (Å²) in [5.74, 6) is 0. The van der Waals surface area contributed by atoms with E-state index >= 15 is 0 Å². The van der Waals surface area contributed by atoms with Gasteiger partial charge in [0.15, 0.2) is 0 Å². The molecule has 1 aromatic heterocycles. The number of nitriles is 1. The van der Waals surface area contributed by atoms with Gasteiger partial charge in [-0.05, 0) is 12.1 Å². The van der Waals surface area contributed by atoms with Crippen LogP contribution in [0.3, 0.4) is 0 Å². The van der Waals surface area contributed by atoms with Gasteiger partial charge in [-0.15, -0.1) is 0 Å². The maximum atomic E-state index is 8.29. The van der Waals surface area contributed by atoms with Crippen molar-refractivity contribution >= 4 is 0 Å². The number of nitrogens with one attached hydrogen (secondary N) is 1. The summed E-state index contributed by atoms with van der Waals surface area (Å²) in [5.41, 5.74) is 0.715. The topological polar surface area (TPSA) is 65.4 Å². The highest BCUT2D eigenvalue weighted by molar-refractivity contribution is 5.27. The summed E-state index contributed by atoms with van der Waals surface area (Å²) < 4.78 is 0. The smallest absolute Gasteiger partial charge is 0.137 e. The Balaban J connectivity index is 0.000000145. The standard InChI is InChI=1S/C7H5N.C2H3N3/c8-6-7-4-2-1-3-5-7;1-3-2-5-4-1/h1-5H;1-2H,(H,3,4,5). The highest BCUT2D eigenvalue weighted by atomic mass is 15.2. The summed E-state index contributed by atoms with van der Waals surface area (Å²) in [6.07, 6.45) is 2.96. The van der Waals surface area contributed by atoms with E-state index in [1.165, 1.54) is 12.7 Å². The Morgan fingerprint density at radius 1 is 1.23 bits per heavy atom. The molecule has 1 heterocycles. The second-order valence-corrected chi connectivity index (χ2v) is 2.13. The fraction of sp³-hybridized carbons (Fsp3) is 0. The van der Waals surface area contributed by atoms with Crippen LogP contribution in [0.1, 0.15) is 5.56 Å². The Labute approximate surface area is 75.9 Å². The first kappa shape index (κ1) is 8.94. The van der Waals surface area contributed by atoms with Crippen molar-refractivity contribution in [2.75, 3.05) is 0 Å². The summed E-state index contributed by atoms with van der Waals surface area (Å²) in [4.78, 5) is 3.56. The third-order valence-corrected chi connectivity index (χ3v) is 1.23. The van der Waals surface area contributed by atoms with Crippen LogP contribution in [-0.2, 0) is 0 Å². The van der Waals surface area contributed by atoms with Crippen LogP contribution in [0.2, 0.25) is 0 Å². The fourth-order valence-corrected chi connectivity index (χ4v) is 0.679. The van der Waals surface area contributed by atoms with Crippen LogP contribution in [0.4, 0.5) is 0 Å². The number of nitrogens with zero attached hydrogens (tertiary/aromatic N) is 3. The molecule has 13 heavy (non-hydrogen) atoms. The van der Waals surface area contributed by atoms with Crippen molar-refractivity contribution in [1.29, 1.82) is 5.26 Å². The van der Waals surface area contributed by atoms with E-state index in [1.54, 1.807) is 12.1 Å². The van der Waals surface area contributed by atoms with Gasteiger partial charge in [-0.25, -0.2) is 4.98 Å². The van der Waals surface area contributed by atoms with Gasteiger partial charge < -0.3 is 0 Å². The van der Waals surface area contributed by atoms with Crippen LogP contribution < -0.4 is 0 Å². The number of aromatic amines is 1. The van der Waals surface area contributed by atoms with Crippen molar-refractivity contribution in [3.8, 4) is 6.07 Å². The molecule has 0 radical (unpaired) electrons. The number of aromatic nitrogens is 3. The Morgan fingerprint density at radius 3 is 2.31 bits per heavy atom. The molecule has 0 aliphatic rings. The summed E-state index contributed by atoms with van der Waals surface area (Å²) in [5, 5.41) is 14.3. The Kier molecular flexibility index (Phi) is 3.78. The Hall–Kier alpha value is -2.15. The zero-order chi connectivity index (χ0) is 9.36. The molecule has 2 aromatic rings. The predicted octanol–water partition coefficient (Wildman–Crippen LogP) is 1.36. The maximum Gasteiger partial charge on any atom is 0.137 e. The van der Waals surface area contributed by atoms with E-state index < -0.39 is 0 Å². The number of hydrogen-bond acceptors (Lipinski definition) is 3. The highest BCUT2D eigenvalue weighted by Gasteiger charge is 1.79. The maximum absolute atomic E-state index is 8.29. The van der Waals surface area contributed by atoms with E-state index in [4.69, 9.17) is 5.26 Å². The van der Waals surface area contributed by atoms with Crippen LogP contribution in [0, 0.1) is 11.3 Å². The first-order valence-electron chi connectivity index (χ1n) is 3.67. The molecule has 2 rings (SSSR count). The van der Waals surface area contributed by atoms with Gasteiger partial charge in [0.05, 0.1) is 11.6 Å². The molecule has 0 fully saturated rings. The van der Waals surface area contributed by atoms with Crippen molar-refractivity contribution in [2.24, 2.45) is 0 Å². The van der Waals surface area contributed by atoms with E-state index in [9.17, 15) is 0 Å². The van der Waals surface area contributed by atoms with Gasteiger partial charge in [0.25, 0.3) is 0 Å². The van der Waals surface area contributed by atoms with Crippen LogP contribution >= 0.6 is 0 Å². The molecule has 4 heteroatoms. The quantitative estimate of drug-likeness (QED) is 0.652. The lowest BCUT2D eigenvalue weighted by atomic mass is 10.2. The normalized spacial score (nSPS) is 7.92. The molecule has 64 valence electrons. The van der Waals surface area contributed by atoms with Crippen molar-refractivity contribution in [3.63, 3.8) is 0 Å². The molecule has 0 aliphatic carbocycles. The first-order chi connectivity index (χ1) is 6.43. The third kappa shape index (κ3) is 3.68. The van der Waals surface area contributed by atoms with Crippen molar-refractivity contribution in [3.05, 3.63) is 48.5 Å². The summed E-state index contributed by atoms with van der Waals surface area (Å²) in [6.45, 7) is 0. The van der Waals surface area contributed by atoms with Gasteiger partial charge in [-0.1, -0.05) is 18.2 Å². The molecule has 0 saturated carbocycles. The van der Waals surface area contributed by atoms with Gasteiger partial charge in [0.1, 0.15) is 12.7 Å². The van der Waals surface area contributed by atoms with Gasteiger partial charge in [0.2, 0.25) is 0 Å². The molecule has 1 aromatic carbocycles. The van der Waals surface area contributed by atoms with Crippen LogP contribution in [-0.4, -0.2) is 15.2 Å². The van der Waals surface area contributed by atoms with Gasteiger partial charge in [-0.3, -0.25) is 5.10 Å². The minimum Gasteiger partial charge on any atom is -0.266 e. The SMILES string of the molecule is N#Cc1ccccc1.c1nc[nH]n1. The minimum absolute atomic E-state index is 0.715. The van der Waals surface area contributed by atoms with E-state index in [-0.39, 0.29) is 0 Å². The largest absolute Gasteiger partial charge is 0.266 e. The van der Waals surface area contributed by atoms with Crippen LogP contribution in [0.25, 0.3) is 0 Å². The van der Waals surface area contributed by atoms with Gasteiger partial charge >= 0.3 is 0 Å². The average molecular weight is 172 g/mol. The molecule has 0 spiro atoms. The second-order valence-electron chi connectivity index (χ2n) is 2.13. The number of benzene rings is 1. The van der Waals surface area contributed by atoms with Gasteiger partial charge in [0, 0.05) is 0 Å². The van der Waals surface area contributed by atoms with Crippen molar-refractivity contribution < 1.29 is 0 Å². The predicted molar refractivity (Wildman–Crippen MR) is 47.5 cm³/mol. The Morgan fingerprint density at radius 2 is 2.00 bits per heavy atom. The van der Waals surface area contributed by atoms with E-state index in [2.05, 4.69) is 15.2 Å². The van der Waals surface area contributed by atoms with E-state index in [0.717, 1.165) is 0 Å². The van der Waals surface area contributed by atoms with Crippen molar-refractivity contribution in [1.82, 2.24) is 15.2 Å². The molecule has 0 atom stereocenters. The average Bonchev–Trinajstić information content (AvgIpc) is 2.77. The molecule has 1 N–H and O–H groups in total. The summed E-state index contributed by atoms with van der Waals surface area (Å²) in [6, 6.07) is 11.2. The molecule has 4 nitrogen and oxygen atoms in total. The minimum atomic E-state index is 0.715. The summed E-state index contributed by atoms with van der Waals surface area (Å²) in [7, 11) is 0. The lowest BCUT2D eigenvalue weighted by Crippen LogP contribution is -1.66. The summed E-state index contributed by atoms with van der Waals surface area (Å²) >= 11 is 0. The third-order valence-electron chi connectivity index (χ3n) is 1.23. The molecule has 0 unspecified atom stereocenters. The van der Waals surface area contributed by atoms with Gasteiger partial charge in [-0.2, -0.15) is 10.4 Å². The Bertz CT molecular complexity index is 330. The molecular weight excluding hydrogens is 164 g/mol. The molecule has 0 bridgehead atoms. The highest BCUT2D eigenvalue weighted by Crippen LogP contribution is 1.93. The molecule has 0 saturated heterocycles. The zero-order valence-corrected chi connectivity index (χ0v) is 6.88. The molecular formula is C9H8N4. The number of rotatable bonds is 0. The monoisotopic (exact) mass is 172 g/mol. The van der Waals surface area contributed by atoms with Crippen LogP contribution in [0.5, 0.6) is 0 Å². The number of hydrogen-bond donors (Lipinski definition) is 1. The fourth-order valence-electron chi connectivity index (χ4n) is 0.679. The van der Waals surface area contributed by atoms with E-state index in [1.807, 2.05) is 24.3 Å². The number of H-pyrrole nitrogens is 1. The zero-order valence-electron chi connectivity index (χ0n) is 6.88. The molecule has 0 amide bonds. The lowest BCUT2D eigenvalue weighted by Gasteiger charge is -1.80.